The molecule has 1 aliphatic carbocycles. The van der Waals surface area contributed by atoms with Crippen LogP contribution in [0.4, 0.5) is 5.69 Å². The van der Waals surface area contributed by atoms with Crippen LogP contribution in [0.5, 0.6) is 5.75 Å². The minimum Gasteiger partial charge on any atom is -0.492 e. The number of hydrogen-bond acceptors (Lipinski definition) is 4. The topological polar surface area (TPSA) is 70.6 Å². The zero-order valence-corrected chi connectivity index (χ0v) is 21.4. The van der Waals surface area contributed by atoms with Crippen molar-refractivity contribution in [2.75, 3.05) is 11.9 Å². The molecular formula is C28H48N2O3. The van der Waals surface area contributed by atoms with Gasteiger partial charge in [0.2, 0.25) is 5.91 Å². The number of anilines is 1. The van der Waals surface area contributed by atoms with Crippen molar-refractivity contribution in [1.29, 1.82) is 0 Å². The maximum atomic E-state index is 13.1. The third-order valence-electron chi connectivity index (χ3n) is 7.33. The number of aliphatic hydroxyl groups excluding tert-OH is 1. The van der Waals surface area contributed by atoms with Crippen LogP contribution in [-0.2, 0) is 4.79 Å². The number of carbonyl (C=O) groups is 1. The predicted molar refractivity (Wildman–Crippen MR) is 137 cm³/mol. The van der Waals surface area contributed by atoms with Gasteiger partial charge in [0.25, 0.3) is 0 Å². The Morgan fingerprint density at radius 2 is 1.76 bits per heavy atom. The minimum absolute atomic E-state index is 0.0656. The molecular weight excluding hydrogens is 412 g/mol. The first kappa shape index (κ1) is 27.5. The monoisotopic (exact) mass is 460 g/mol. The summed E-state index contributed by atoms with van der Waals surface area (Å²) in [5, 5.41) is 17.4. The molecule has 1 aliphatic rings. The molecule has 1 saturated carbocycles. The zero-order chi connectivity index (χ0) is 24.1. The average Bonchev–Trinajstić information content (AvgIpc) is 2.83. The fourth-order valence-electron chi connectivity index (χ4n) is 4.93. The average molecular weight is 461 g/mol. The van der Waals surface area contributed by atoms with Gasteiger partial charge in [-0.3, -0.25) is 4.79 Å². The van der Waals surface area contributed by atoms with Crippen molar-refractivity contribution in [3.05, 3.63) is 24.3 Å². The third-order valence-corrected chi connectivity index (χ3v) is 7.33. The van der Waals surface area contributed by atoms with E-state index in [0.717, 1.165) is 43.7 Å². The molecule has 1 aromatic rings. The number of unbranched alkanes of at least 4 members (excludes halogenated alkanes) is 4. The lowest BCUT2D eigenvalue weighted by molar-refractivity contribution is -0.128. The Morgan fingerprint density at radius 3 is 2.42 bits per heavy atom. The Balaban J connectivity index is 1.88. The highest BCUT2D eigenvalue weighted by molar-refractivity contribution is 5.79. The number of aliphatic hydroxyl groups is 1. The Labute approximate surface area is 202 Å². The van der Waals surface area contributed by atoms with Gasteiger partial charge in [-0.25, -0.2) is 0 Å². The molecule has 0 bridgehead atoms. The molecule has 0 aliphatic heterocycles. The van der Waals surface area contributed by atoms with Crippen LogP contribution in [0.15, 0.2) is 24.3 Å². The molecule has 5 nitrogen and oxygen atoms in total. The fraction of sp³-hybridized carbons (Fsp3) is 0.750. The van der Waals surface area contributed by atoms with Gasteiger partial charge in [-0.2, -0.15) is 0 Å². The van der Waals surface area contributed by atoms with E-state index in [1.165, 1.54) is 38.5 Å². The highest BCUT2D eigenvalue weighted by Crippen LogP contribution is 2.33. The summed E-state index contributed by atoms with van der Waals surface area (Å²) in [4.78, 5) is 13.1. The Morgan fingerprint density at radius 1 is 1.06 bits per heavy atom. The maximum absolute atomic E-state index is 13.1. The number of benzene rings is 1. The van der Waals surface area contributed by atoms with E-state index in [9.17, 15) is 9.90 Å². The summed E-state index contributed by atoms with van der Waals surface area (Å²) in [6, 6.07) is 7.26. The van der Waals surface area contributed by atoms with Gasteiger partial charge in [-0.15, -0.1) is 0 Å². The van der Waals surface area contributed by atoms with Crippen LogP contribution in [0.25, 0.3) is 0 Å². The van der Waals surface area contributed by atoms with Gasteiger partial charge in [0.1, 0.15) is 12.0 Å². The number of hydrogen-bond donors (Lipinski definition) is 3. The van der Waals surface area contributed by atoms with Crippen LogP contribution in [0, 0.1) is 17.8 Å². The molecule has 0 heterocycles. The summed E-state index contributed by atoms with van der Waals surface area (Å²) in [6.45, 7) is 8.93. The Kier molecular flexibility index (Phi) is 12.7. The van der Waals surface area contributed by atoms with Crippen LogP contribution >= 0.6 is 0 Å². The van der Waals surface area contributed by atoms with Crippen LogP contribution in [0.2, 0.25) is 0 Å². The molecule has 188 valence electrons. The number of amides is 1. The number of rotatable bonds is 15. The molecule has 0 radical (unpaired) electrons. The number of nitrogens with one attached hydrogen (secondary N) is 2. The van der Waals surface area contributed by atoms with E-state index in [1.54, 1.807) is 0 Å². The van der Waals surface area contributed by atoms with Crippen molar-refractivity contribution in [3.8, 4) is 5.75 Å². The second-order valence-corrected chi connectivity index (χ2v) is 9.86. The molecule has 3 N–H and O–H groups in total. The van der Waals surface area contributed by atoms with E-state index in [-0.39, 0.29) is 23.8 Å². The predicted octanol–water partition coefficient (Wildman–Crippen LogP) is 6.51. The zero-order valence-electron chi connectivity index (χ0n) is 21.4. The van der Waals surface area contributed by atoms with Crippen molar-refractivity contribution < 1.29 is 14.6 Å². The maximum Gasteiger partial charge on any atom is 0.223 e. The van der Waals surface area contributed by atoms with Crippen molar-refractivity contribution in [2.45, 2.75) is 111 Å². The van der Waals surface area contributed by atoms with Gasteiger partial charge in [-0.05, 0) is 56.6 Å². The van der Waals surface area contributed by atoms with E-state index in [0.29, 0.717) is 12.4 Å². The van der Waals surface area contributed by atoms with E-state index >= 15 is 0 Å². The van der Waals surface area contributed by atoms with Crippen molar-refractivity contribution in [2.24, 2.45) is 17.8 Å². The van der Waals surface area contributed by atoms with Crippen LogP contribution < -0.4 is 15.4 Å². The largest absolute Gasteiger partial charge is 0.492 e. The molecule has 1 aromatic carbocycles. The quantitative estimate of drug-likeness (QED) is 0.206. The highest BCUT2D eigenvalue weighted by atomic mass is 16.5. The SMILES string of the molecule is CCCCCCCC1CCC(C(=O)NC(C(C)CC)C(O)Nc2ccccc2OCC)CC1. The van der Waals surface area contributed by atoms with E-state index in [1.807, 2.05) is 31.2 Å². The highest BCUT2D eigenvalue weighted by Gasteiger charge is 2.31. The fourth-order valence-corrected chi connectivity index (χ4v) is 4.93. The lowest BCUT2D eigenvalue weighted by atomic mass is 9.79. The first-order valence-electron chi connectivity index (χ1n) is 13.5. The lowest BCUT2D eigenvalue weighted by Gasteiger charge is -2.33. The van der Waals surface area contributed by atoms with Gasteiger partial charge in [0.05, 0.1) is 18.3 Å². The molecule has 0 aromatic heterocycles. The smallest absolute Gasteiger partial charge is 0.223 e. The van der Waals surface area contributed by atoms with E-state index in [2.05, 4.69) is 31.4 Å². The summed E-state index contributed by atoms with van der Waals surface area (Å²) in [6.07, 6.45) is 12.2. The Hall–Kier alpha value is -1.75. The minimum atomic E-state index is -0.884. The van der Waals surface area contributed by atoms with E-state index < -0.39 is 6.23 Å². The molecule has 1 fully saturated rings. The van der Waals surface area contributed by atoms with Crippen LogP contribution in [0.3, 0.4) is 0 Å². The molecule has 2 rings (SSSR count). The summed E-state index contributed by atoms with van der Waals surface area (Å²) in [5.41, 5.74) is 0.744. The van der Waals surface area contributed by atoms with Gasteiger partial charge in [-0.1, -0.05) is 77.8 Å². The van der Waals surface area contributed by atoms with Crippen molar-refractivity contribution >= 4 is 11.6 Å². The molecule has 33 heavy (non-hydrogen) atoms. The first-order valence-corrected chi connectivity index (χ1v) is 13.5. The van der Waals surface area contributed by atoms with Gasteiger partial charge in [0, 0.05) is 5.92 Å². The van der Waals surface area contributed by atoms with E-state index in [4.69, 9.17) is 4.74 Å². The second-order valence-electron chi connectivity index (χ2n) is 9.86. The second kappa shape index (κ2) is 15.2. The van der Waals surface area contributed by atoms with Gasteiger partial charge >= 0.3 is 0 Å². The number of para-hydroxylation sites is 2. The molecule has 1 amide bonds. The summed E-state index contributed by atoms with van der Waals surface area (Å²) < 4.78 is 5.68. The lowest BCUT2D eigenvalue weighted by Crippen LogP contribution is -2.52. The van der Waals surface area contributed by atoms with Crippen molar-refractivity contribution in [1.82, 2.24) is 5.32 Å². The first-order chi connectivity index (χ1) is 16.0. The van der Waals surface area contributed by atoms with Crippen LogP contribution in [-0.4, -0.2) is 29.9 Å². The summed E-state index contributed by atoms with van der Waals surface area (Å²) in [5.74, 6) is 1.80. The molecule has 0 spiro atoms. The third kappa shape index (κ3) is 9.19. The van der Waals surface area contributed by atoms with Gasteiger partial charge in [0.15, 0.2) is 0 Å². The normalized spacial score (nSPS) is 21.1. The Bertz CT molecular complexity index is 673. The molecule has 0 saturated heterocycles. The number of ether oxygens (including phenoxy) is 1. The number of carbonyl (C=O) groups excluding carboxylic acids is 1. The van der Waals surface area contributed by atoms with Crippen molar-refractivity contribution in [3.63, 3.8) is 0 Å². The molecule has 3 atom stereocenters. The van der Waals surface area contributed by atoms with Gasteiger partial charge < -0.3 is 20.5 Å². The summed E-state index contributed by atoms with van der Waals surface area (Å²) in [7, 11) is 0. The molecule has 5 heteroatoms. The van der Waals surface area contributed by atoms with Crippen LogP contribution in [0.1, 0.15) is 98.3 Å². The summed E-state index contributed by atoms with van der Waals surface area (Å²) >= 11 is 0. The standard InChI is InChI=1S/C28H48N2O3/c1-5-8-9-10-11-14-22-17-19-23(20-18-22)27(31)30-26(21(4)6-2)28(32)29-24-15-12-13-16-25(24)33-7-3/h12-13,15-16,21-23,26,28-29,32H,5-11,14,17-20H2,1-4H3,(H,30,31). The molecule has 3 unspecified atom stereocenters.